The van der Waals surface area contributed by atoms with Gasteiger partial charge in [-0.25, -0.2) is 9.59 Å². The van der Waals surface area contributed by atoms with Crippen LogP contribution in [0.15, 0.2) is 63.8 Å². The Balaban J connectivity index is 1.67. The largest absolute Gasteiger partial charge is 0.484 e. The zero-order chi connectivity index (χ0) is 21.0. The van der Waals surface area contributed by atoms with Crippen LogP contribution in [-0.2, 0) is 9.59 Å². The molecule has 0 unspecified atom stereocenters. The number of rotatable bonds is 7. The summed E-state index contributed by atoms with van der Waals surface area (Å²) >= 11 is 0. The molecule has 1 amide bonds. The Labute approximate surface area is 166 Å². The second-order valence-corrected chi connectivity index (χ2v) is 6.93. The summed E-state index contributed by atoms with van der Waals surface area (Å²) in [6.07, 6.45) is 0. The van der Waals surface area contributed by atoms with Gasteiger partial charge >= 0.3 is 11.6 Å². The van der Waals surface area contributed by atoms with E-state index in [9.17, 15) is 14.4 Å². The lowest BCUT2D eigenvalue weighted by atomic mass is 10.1. The van der Waals surface area contributed by atoms with Gasteiger partial charge in [0.25, 0.3) is 5.91 Å². The molecule has 150 valence electrons. The maximum Gasteiger partial charge on any atom is 0.344 e. The van der Waals surface area contributed by atoms with Crippen LogP contribution in [0, 0.1) is 5.92 Å². The van der Waals surface area contributed by atoms with E-state index in [4.69, 9.17) is 14.3 Å². The number of hydrogen-bond acceptors (Lipinski definition) is 5. The molecule has 0 saturated carbocycles. The third-order valence-corrected chi connectivity index (χ3v) is 4.43. The summed E-state index contributed by atoms with van der Waals surface area (Å²) in [7, 11) is 0. The number of aliphatic carboxylic acids is 1. The molecule has 0 aliphatic carbocycles. The molecule has 1 aromatic heterocycles. The Kier molecular flexibility index (Phi) is 5.97. The van der Waals surface area contributed by atoms with E-state index >= 15 is 0 Å². The van der Waals surface area contributed by atoms with E-state index < -0.39 is 23.5 Å². The van der Waals surface area contributed by atoms with Crippen LogP contribution in [-0.4, -0.2) is 29.6 Å². The monoisotopic (exact) mass is 395 g/mol. The highest BCUT2D eigenvalue weighted by Gasteiger charge is 2.23. The number of benzene rings is 2. The molecule has 7 heteroatoms. The first-order valence-electron chi connectivity index (χ1n) is 9.13. The topological polar surface area (TPSA) is 106 Å². The number of carbonyl (C=O) groups excluding carboxylic acids is 1. The SMILES string of the molecule is CC(C)[C@@H](NC(=O)COc1ccc(-c2cc3ccccc3c(=O)o2)cc1)C(=O)O. The molecule has 3 aromatic rings. The van der Waals surface area contributed by atoms with Crippen LogP contribution < -0.4 is 15.7 Å². The molecule has 2 aromatic carbocycles. The molecule has 7 nitrogen and oxygen atoms in total. The van der Waals surface area contributed by atoms with Crippen molar-refractivity contribution in [2.75, 3.05) is 6.61 Å². The Morgan fingerprint density at radius 1 is 1.10 bits per heavy atom. The van der Waals surface area contributed by atoms with Crippen LogP contribution in [0.5, 0.6) is 5.75 Å². The highest BCUT2D eigenvalue weighted by molar-refractivity contribution is 5.85. The lowest BCUT2D eigenvalue weighted by Crippen LogP contribution is -2.46. The van der Waals surface area contributed by atoms with Crippen molar-refractivity contribution in [2.24, 2.45) is 5.92 Å². The second kappa shape index (κ2) is 8.60. The molecule has 2 N–H and O–H groups in total. The number of ether oxygens (including phenoxy) is 1. The Hall–Kier alpha value is -3.61. The highest BCUT2D eigenvalue weighted by atomic mass is 16.5. The van der Waals surface area contributed by atoms with E-state index in [1.807, 2.05) is 12.1 Å². The predicted molar refractivity (Wildman–Crippen MR) is 108 cm³/mol. The molecule has 0 aliphatic heterocycles. The van der Waals surface area contributed by atoms with Crippen LogP contribution in [0.4, 0.5) is 0 Å². The lowest BCUT2D eigenvalue weighted by Gasteiger charge is -2.18. The van der Waals surface area contributed by atoms with Gasteiger partial charge in [0, 0.05) is 5.56 Å². The Bertz CT molecular complexity index is 1080. The normalized spacial score (nSPS) is 12.0. The van der Waals surface area contributed by atoms with E-state index in [2.05, 4.69) is 5.32 Å². The summed E-state index contributed by atoms with van der Waals surface area (Å²) in [4.78, 5) is 35.2. The highest BCUT2D eigenvalue weighted by Crippen LogP contribution is 2.24. The van der Waals surface area contributed by atoms with Crippen molar-refractivity contribution >= 4 is 22.6 Å². The van der Waals surface area contributed by atoms with Gasteiger partial charge in [-0.3, -0.25) is 4.79 Å². The predicted octanol–water partition coefficient (Wildman–Crippen LogP) is 3.06. The zero-order valence-corrected chi connectivity index (χ0v) is 16.0. The van der Waals surface area contributed by atoms with Crippen molar-refractivity contribution in [1.29, 1.82) is 0 Å². The molecular formula is C22H21NO6. The van der Waals surface area contributed by atoms with Crippen LogP contribution in [0.25, 0.3) is 22.1 Å². The molecule has 0 saturated heterocycles. The molecule has 3 rings (SSSR count). The molecule has 29 heavy (non-hydrogen) atoms. The van der Waals surface area contributed by atoms with Crippen molar-refractivity contribution in [3.05, 3.63) is 65.0 Å². The van der Waals surface area contributed by atoms with E-state index in [1.54, 1.807) is 56.3 Å². The van der Waals surface area contributed by atoms with E-state index in [1.165, 1.54) is 0 Å². The van der Waals surface area contributed by atoms with Gasteiger partial charge in [0.2, 0.25) is 0 Å². The van der Waals surface area contributed by atoms with Crippen LogP contribution in [0.3, 0.4) is 0 Å². The first-order valence-corrected chi connectivity index (χ1v) is 9.13. The van der Waals surface area contributed by atoms with Gasteiger partial charge in [0.15, 0.2) is 6.61 Å². The number of carboxylic acids is 1. The van der Waals surface area contributed by atoms with Crippen molar-refractivity contribution in [3.63, 3.8) is 0 Å². The average Bonchev–Trinajstić information content (AvgIpc) is 2.70. The summed E-state index contributed by atoms with van der Waals surface area (Å²) < 4.78 is 10.8. The van der Waals surface area contributed by atoms with Crippen molar-refractivity contribution in [3.8, 4) is 17.1 Å². The first-order chi connectivity index (χ1) is 13.8. The van der Waals surface area contributed by atoms with E-state index in [0.717, 1.165) is 5.39 Å². The minimum atomic E-state index is -1.09. The number of fused-ring (bicyclic) bond motifs is 1. The molecule has 0 bridgehead atoms. The quantitative estimate of drug-likeness (QED) is 0.637. The average molecular weight is 395 g/mol. The summed E-state index contributed by atoms with van der Waals surface area (Å²) in [5, 5.41) is 12.9. The van der Waals surface area contributed by atoms with Crippen LogP contribution in [0.2, 0.25) is 0 Å². The molecular weight excluding hydrogens is 374 g/mol. The fourth-order valence-electron chi connectivity index (χ4n) is 2.87. The first kappa shape index (κ1) is 20.1. The van der Waals surface area contributed by atoms with Crippen LogP contribution >= 0.6 is 0 Å². The summed E-state index contributed by atoms with van der Waals surface area (Å²) in [6, 6.07) is 14.7. The minimum absolute atomic E-state index is 0.243. The number of carbonyl (C=O) groups is 2. The molecule has 0 spiro atoms. The van der Waals surface area contributed by atoms with Crippen LogP contribution in [0.1, 0.15) is 13.8 Å². The summed E-state index contributed by atoms with van der Waals surface area (Å²) in [5.74, 6) is -0.986. The summed E-state index contributed by atoms with van der Waals surface area (Å²) in [5.41, 5.74) is 0.281. The van der Waals surface area contributed by atoms with Gasteiger partial charge in [-0.1, -0.05) is 32.0 Å². The standard InChI is InChI=1S/C22H21NO6/c1-13(2)20(21(25)26)23-19(24)12-28-16-9-7-14(8-10-16)18-11-15-5-3-4-6-17(15)22(27)29-18/h3-11,13,20H,12H2,1-2H3,(H,23,24)(H,25,26)/t20-/m1/s1. The van der Waals surface area contributed by atoms with Gasteiger partial charge in [0.05, 0.1) is 5.39 Å². The number of nitrogens with one attached hydrogen (secondary N) is 1. The smallest absolute Gasteiger partial charge is 0.344 e. The van der Waals surface area contributed by atoms with Gasteiger partial charge in [0.1, 0.15) is 17.6 Å². The van der Waals surface area contributed by atoms with E-state index in [-0.39, 0.29) is 12.5 Å². The van der Waals surface area contributed by atoms with Gasteiger partial charge in [-0.2, -0.15) is 0 Å². The molecule has 1 atom stereocenters. The molecule has 0 aliphatic rings. The zero-order valence-electron chi connectivity index (χ0n) is 16.0. The number of carboxylic acid groups (broad SMARTS) is 1. The van der Waals surface area contributed by atoms with Crippen molar-refractivity contribution in [1.82, 2.24) is 5.32 Å². The van der Waals surface area contributed by atoms with Gasteiger partial charge < -0.3 is 19.6 Å². The van der Waals surface area contributed by atoms with Gasteiger partial charge in [-0.05, 0) is 47.7 Å². The third-order valence-electron chi connectivity index (χ3n) is 4.43. The maximum atomic E-state index is 12.1. The molecule has 0 radical (unpaired) electrons. The second-order valence-electron chi connectivity index (χ2n) is 6.93. The van der Waals surface area contributed by atoms with Gasteiger partial charge in [-0.15, -0.1) is 0 Å². The Morgan fingerprint density at radius 2 is 1.79 bits per heavy atom. The third kappa shape index (κ3) is 4.82. The fraction of sp³-hybridized carbons (Fsp3) is 0.227. The Morgan fingerprint density at radius 3 is 2.45 bits per heavy atom. The van der Waals surface area contributed by atoms with E-state index in [0.29, 0.717) is 22.5 Å². The summed E-state index contributed by atoms with van der Waals surface area (Å²) in [6.45, 7) is 3.12. The van der Waals surface area contributed by atoms with Crippen molar-refractivity contribution < 1.29 is 23.8 Å². The fourth-order valence-corrected chi connectivity index (χ4v) is 2.87. The molecule has 1 heterocycles. The number of hydrogen-bond donors (Lipinski definition) is 2. The minimum Gasteiger partial charge on any atom is -0.484 e. The maximum absolute atomic E-state index is 12.1. The molecule has 0 fully saturated rings. The van der Waals surface area contributed by atoms with Crippen molar-refractivity contribution in [2.45, 2.75) is 19.9 Å². The number of amides is 1. The lowest BCUT2D eigenvalue weighted by molar-refractivity contribution is -0.143.